The molecule has 2 N–H and O–H groups in total. The Balaban J connectivity index is 2.02. The summed E-state index contributed by atoms with van der Waals surface area (Å²) >= 11 is 0. The molecule has 2 aromatic rings. The van der Waals surface area contributed by atoms with Crippen LogP contribution in [-0.2, 0) is 34.1 Å². The average molecular weight is 369 g/mol. The molecule has 6 nitrogen and oxygen atoms in total. The van der Waals surface area contributed by atoms with E-state index in [-0.39, 0.29) is 24.9 Å². The Labute approximate surface area is 160 Å². The molecule has 0 fully saturated rings. The SMILES string of the molecule is CNC(=O)CN(CC(=O)NC)Cc1ccccc1COCc1ccccc1. The minimum absolute atomic E-state index is 0.128. The van der Waals surface area contributed by atoms with Crippen LogP contribution in [0.25, 0.3) is 0 Å². The molecule has 144 valence electrons. The van der Waals surface area contributed by atoms with Crippen LogP contribution in [-0.4, -0.2) is 43.9 Å². The van der Waals surface area contributed by atoms with Gasteiger partial charge in [0, 0.05) is 20.6 Å². The molecule has 0 saturated carbocycles. The molecule has 2 aromatic carbocycles. The summed E-state index contributed by atoms with van der Waals surface area (Å²) in [5.74, 6) is -0.256. The lowest BCUT2D eigenvalue weighted by Crippen LogP contribution is -2.41. The fraction of sp³-hybridized carbons (Fsp3) is 0.333. The number of hydrogen-bond donors (Lipinski definition) is 2. The van der Waals surface area contributed by atoms with Crippen molar-refractivity contribution in [3.8, 4) is 0 Å². The molecule has 0 aliphatic carbocycles. The van der Waals surface area contributed by atoms with Gasteiger partial charge in [0.25, 0.3) is 0 Å². The molecule has 0 aliphatic rings. The van der Waals surface area contributed by atoms with Gasteiger partial charge in [0.2, 0.25) is 11.8 Å². The zero-order valence-electron chi connectivity index (χ0n) is 15.9. The molecule has 0 radical (unpaired) electrons. The Bertz CT molecular complexity index is 716. The Morgan fingerprint density at radius 2 is 1.37 bits per heavy atom. The minimum atomic E-state index is -0.128. The van der Waals surface area contributed by atoms with E-state index < -0.39 is 0 Å². The number of ether oxygens (including phenoxy) is 1. The Kier molecular flexibility index (Phi) is 8.48. The molecule has 0 saturated heterocycles. The van der Waals surface area contributed by atoms with Gasteiger partial charge in [-0.25, -0.2) is 0 Å². The first-order valence-electron chi connectivity index (χ1n) is 8.94. The van der Waals surface area contributed by atoms with E-state index in [9.17, 15) is 9.59 Å². The number of likely N-dealkylation sites (N-methyl/N-ethyl adjacent to an activating group) is 2. The standard InChI is InChI=1S/C21H27N3O3/c1-22-20(25)13-24(14-21(26)23-2)12-18-10-6-7-11-19(18)16-27-15-17-8-4-3-5-9-17/h3-11H,12-16H2,1-2H3,(H,22,25)(H,23,26). The van der Waals surface area contributed by atoms with Gasteiger partial charge < -0.3 is 15.4 Å². The fourth-order valence-electron chi connectivity index (χ4n) is 2.68. The van der Waals surface area contributed by atoms with Gasteiger partial charge in [-0.05, 0) is 16.7 Å². The van der Waals surface area contributed by atoms with Crippen molar-refractivity contribution >= 4 is 11.8 Å². The average Bonchev–Trinajstić information content (AvgIpc) is 2.69. The second-order valence-corrected chi connectivity index (χ2v) is 6.24. The topological polar surface area (TPSA) is 70.7 Å². The number of hydrogen-bond acceptors (Lipinski definition) is 4. The van der Waals surface area contributed by atoms with Crippen LogP contribution < -0.4 is 10.6 Å². The number of benzene rings is 2. The number of carbonyl (C=O) groups is 2. The van der Waals surface area contributed by atoms with Crippen molar-refractivity contribution in [2.45, 2.75) is 19.8 Å². The van der Waals surface area contributed by atoms with E-state index in [4.69, 9.17) is 4.74 Å². The Morgan fingerprint density at radius 3 is 1.96 bits per heavy atom. The summed E-state index contributed by atoms with van der Waals surface area (Å²) in [4.78, 5) is 25.4. The van der Waals surface area contributed by atoms with Gasteiger partial charge in [-0.1, -0.05) is 54.6 Å². The maximum Gasteiger partial charge on any atom is 0.233 e. The van der Waals surface area contributed by atoms with Crippen molar-refractivity contribution in [1.82, 2.24) is 15.5 Å². The van der Waals surface area contributed by atoms with Gasteiger partial charge in [-0.2, -0.15) is 0 Å². The van der Waals surface area contributed by atoms with E-state index in [1.54, 1.807) is 14.1 Å². The summed E-state index contributed by atoms with van der Waals surface area (Å²) in [6.45, 7) is 1.81. The summed E-state index contributed by atoms with van der Waals surface area (Å²) in [5.41, 5.74) is 3.21. The highest BCUT2D eigenvalue weighted by atomic mass is 16.5. The van der Waals surface area contributed by atoms with Gasteiger partial charge in [0.05, 0.1) is 26.3 Å². The predicted molar refractivity (Wildman–Crippen MR) is 105 cm³/mol. The zero-order valence-corrected chi connectivity index (χ0v) is 15.9. The zero-order chi connectivity index (χ0) is 19.5. The molecule has 2 amide bonds. The first kappa shape index (κ1) is 20.6. The van der Waals surface area contributed by atoms with E-state index >= 15 is 0 Å². The summed E-state index contributed by atoms with van der Waals surface area (Å²) in [6.07, 6.45) is 0. The summed E-state index contributed by atoms with van der Waals surface area (Å²) in [6, 6.07) is 17.9. The number of rotatable bonds is 10. The third-order valence-corrected chi connectivity index (χ3v) is 4.17. The summed E-state index contributed by atoms with van der Waals surface area (Å²) in [7, 11) is 3.18. The van der Waals surface area contributed by atoms with Crippen molar-refractivity contribution in [2.75, 3.05) is 27.2 Å². The molecule has 0 unspecified atom stereocenters. The highest BCUT2D eigenvalue weighted by Crippen LogP contribution is 2.14. The van der Waals surface area contributed by atoms with Crippen LogP contribution >= 0.6 is 0 Å². The highest BCUT2D eigenvalue weighted by molar-refractivity contribution is 5.80. The van der Waals surface area contributed by atoms with Crippen LogP contribution in [0.2, 0.25) is 0 Å². The van der Waals surface area contributed by atoms with Crippen LogP contribution in [0.1, 0.15) is 16.7 Å². The molecule has 2 rings (SSSR count). The van der Waals surface area contributed by atoms with Crippen LogP contribution in [0.5, 0.6) is 0 Å². The molecule has 6 heteroatoms. The van der Waals surface area contributed by atoms with Crippen LogP contribution in [0.3, 0.4) is 0 Å². The molecule has 0 atom stereocenters. The lowest BCUT2D eigenvalue weighted by atomic mass is 10.1. The predicted octanol–water partition coefficient (Wildman–Crippen LogP) is 1.70. The fourth-order valence-corrected chi connectivity index (χ4v) is 2.68. The smallest absolute Gasteiger partial charge is 0.233 e. The van der Waals surface area contributed by atoms with Crippen molar-refractivity contribution in [3.63, 3.8) is 0 Å². The minimum Gasteiger partial charge on any atom is -0.372 e. The molecule has 0 heterocycles. The maximum atomic E-state index is 11.8. The first-order valence-corrected chi connectivity index (χ1v) is 8.94. The normalized spacial score (nSPS) is 10.6. The second kappa shape index (κ2) is 11.1. The third kappa shape index (κ3) is 7.21. The van der Waals surface area contributed by atoms with Crippen LogP contribution in [0.4, 0.5) is 0 Å². The third-order valence-electron chi connectivity index (χ3n) is 4.17. The van der Waals surface area contributed by atoms with E-state index in [0.29, 0.717) is 19.8 Å². The first-order chi connectivity index (χ1) is 13.1. The molecule has 0 aromatic heterocycles. The molecular weight excluding hydrogens is 342 g/mol. The van der Waals surface area contributed by atoms with Crippen molar-refractivity contribution in [3.05, 3.63) is 71.3 Å². The van der Waals surface area contributed by atoms with E-state index in [1.807, 2.05) is 59.5 Å². The van der Waals surface area contributed by atoms with E-state index in [1.165, 1.54) is 0 Å². The van der Waals surface area contributed by atoms with E-state index in [2.05, 4.69) is 10.6 Å². The highest BCUT2D eigenvalue weighted by Gasteiger charge is 2.15. The molecular formula is C21H27N3O3. The maximum absolute atomic E-state index is 11.8. The monoisotopic (exact) mass is 369 g/mol. The van der Waals surface area contributed by atoms with Crippen LogP contribution in [0, 0.1) is 0 Å². The number of nitrogens with zero attached hydrogens (tertiary/aromatic N) is 1. The molecule has 0 aliphatic heterocycles. The Morgan fingerprint density at radius 1 is 0.815 bits per heavy atom. The summed E-state index contributed by atoms with van der Waals surface area (Å²) < 4.78 is 5.86. The molecule has 0 bridgehead atoms. The second-order valence-electron chi connectivity index (χ2n) is 6.24. The lowest BCUT2D eigenvalue weighted by molar-refractivity contribution is -0.124. The van der Waals surface area contributed by atoms with Crippen molar-refractivity contribution in [2.24, 2.45) is 0 Å². The van der Waals surface area contributed by atoms with Gasteiger partial charge in [0.1, 0.15) is 0 Å². The lowest BCUT2D eigenvalue weighted by Gasteiger charge is -2.22. The van der Waals surface area contributed by atoms with Crippen LogP contribution in [0.15, 0.2) is 54.6 Å². The number of nitrogens with one attached hydrogen (secondary N) is 2. The number of carbonyl (C=O) groups excluding carboxylic acids is 2. The van der Waals surface area contributed by atoms with Gasteiger partial charge >= 0.3 is 0 Å². The van der Waals surface area contributed by atoms with Gasteiger partial charge in [-0.3, -0.25) is 14.5 Å². The van der Waals surface area contributed by atoms with Crippen molar-refractivity contribution < 1.29 is 14.3 Å². The largest absolute Gasteiger partial charge is 0.372 e. The van der Waals surface area contributed by atoms with Gasteiger partial charge in [-0.15, -0.1) is 0 Å². The summed E-state index contributed by atoms with van der Waals surface area (Å²) in [5, 5.41) is 5.21. The quantitative estimate of drug-likeness (QED) is 0.669. The number of amides is 2. The van der Waals surface area contributed by atoms with Crippen molar-refractivity contribution in [1.29, 1.82) is 0 Å². The molecule has 0 spiro atoms. The Hall–Kier alpha value is -2.70. The molecule has 27 heavy (non-hydrogen) atoms. The van der Waals surface area contributed by atoms with Gasteiger partial charge in [0.15, 0.2) is 0 Å². The van der Waals surface area contributed by atoms with E-state index in [0.717, 1.165) is 16.7 Å².